The molecule has 0 unspecified atom stereocenters. The van der Waals surface area contributed by atoms with Gasteiger partial charge in [0.1, 0.15) is 19.5 Å². The molecule has 2 rings (SSSR count). The first-order chi connectivity index (χ1) is 11.7. The van der Waals surface area contributed by atoms with E-state index in [0.717, 1.165) is 18.4 Å². The van der Waals surface area contributed by atoms with Crippen molar-refractivity contribution in [2.75, 3.05) is 18.5 Å². The van der Waals surface area contributed by atoms with Gasteiger partial charge in [-0.1, -0.05) is 11.6 Å². The van der Waals surface area contributed by atoms with Crippen molar-refractivity contribution in [3.63, 3.8) is 0 Å². The first kappa shape index (κ1) is 18.9. The predicted octanol–water partition coefficient (Wildman–Crippen LogP) is 3.12. The maximum Gasteiger partial charge on any atom is 0.416 e. The van der Waals surface area contributed by atoms with Gasteiger partial charge in [0, 0.05) is 0 Å². The van der Waals surface area contributed by atoms with Crippen molar-refractivity contribution in [3.8, 4) is 0 Å². The van der Waals surface area contributed by atoms with Crippen molar-refractivity contribution in [1.29, 1.82) is 0 Å². The largest absolute Gasteiger partial charge is 0.493 e. The van der Waals surface area contributed by atoms with Crippen LogP contribution in [0.15, 0.2) is 30.2 Å². The minimum atomic E-state index is -4.59. The van der Waals surface area contributed by atoms with Gasteiger partial charge in [0.25, 0.3) is 5.91 Å². The van der Waals surface area contributed by atoms with Gasteiger partial charge in [-0.15, -0.1) is 0 Å². The van der Waals surface area contributed by atoms with E-state index in [0.29, 0.717) is 6.07 Å². The number of amides is 1. The summed E-state index contributed by atoms with van der Waals surface area (Å²) in [6.45, 7) is 1.68. The molecule has 0 aromatic heterocycles. The Bertz CT molecular complexity index is 705. The number of alkyl halides is 3. The molecular weight excluding hydrogens is 367 g/mol. The Balaban J connectivity index is 2.03. The van der Waals surface area contributed by atoms with E-state index in [4.69, 9.17) is 25.8 Å². The van der Waals surface area contributed by atoms with Crippen LogP contribution in [0.25, 0.3) is 0 Å². The maximum atomic E-state index is 12.7. The molecule has 1 amide bonds. The molecule has 25 heavy (non-hydrogen) atoms. The molecule has 1 heterocycles. The lowest BCUT2D eigenvalue weighted by Crippen LogP contribution is -2.31. The molecule has 0 radical (unpaired) electrons. The van der Waals surface area contributed by atoms with E-state index in [1.54, 1.807) is 0 Å². The number of rotatable bonds is 4. The number of halogens is 4. The molecule has 0 fully saturated rings. The molecule has 1 aliphatic rings. The number of anilines is 1. The van der Waals surface area contributed by atoms with Crippen LogP contribution in [0.5, 0.6) is 0 Å². The molecule has 0 saturated heterocycles. The fourth-order valence-corrected chi connectivity index (χ4v) is 1.94. The first-order valence-corrected chi connectivity index (χ1v) is 7.39. The molecule has 1 N–H and O–H groups in total. The zero-order valence-corrected chi connectivity index (χ0v) is 13.6. The Morgan fingerprint density at radius 3 is 2.64 bits per heavy atom. The molecule has 0 aliphatic carbocycles. The Morgan fingerprint density at radius 1 is 1.32 bits per heavy atom. The summed E-state index contributed by atoms with van der Waals surface area (Å²) >= 11 is 5.79. The van der Waals surface area contributed by atoms with Gasteiger partial charge in [-0.05, 0) is 25.1 Å². The third-order valence-corrected chi connectivity index (χ3v) is 3.38. The van der Waals surface area contributed by atoms with E-state index in [-0.39, 0.29) is 29.7 Å². The summed E-state index contributed by atoms with van der Waals surface area (Å²) in [5, 5.41) is 2.10. The van der Waals surface area contributed by atoms with Gasteiger partial charge in [-0.3, -0.25) is 4.79 Å². The van der Waals surface area contributed by atoms with E-state index in [2.05, 4.69) is 5.32 Å². The average Bonchev–Trinajstić information content (AvgIpc) is 2.56. The van der Waals surface area contributed by atoms with E-state index >= 15 is 0 Å². The van der Waals surface area contributed by atoms with Gasteiger partial charge in [0.05, 0.1) is 16.3 Å². The van der Waals surface area contributed by atoms with Crippen LogP contribution in [0.4, 0.5) is 18.9 Å². The smallest absolute Gasteiger partial charge is 0.416 e. The van der Waals surface area contributed by atoms with Crippen LogP contribution in [0, 0.1) is 0 Å². The minimum Gasteiger partial charge on any atom is -0.493 e. The summed E-state index contributed by atoms with van der Waals surface area (Å²) in [6, 6.07) is 2.48. The third kappa shape index (κ3) is 5.02. The average molecular weight is 380 g/mol. The summed E-state index contributed by atoms with van der Waals surface area (Å²) < 4.78 is 52.9. The number of hydrogen-bond acceptors (Lipinski definition) is 5. The van der Waals surface area contributed by atoms with Gasteiger partial charge in [-0.2, -0.15) is 13.2 Å². The molecule has 1 aliphatic heterocycles. The highest BCUT2D eigenvalue weighted by Crippen LogP contribution is 2.33. The molecule has 1 atom stereocenters. The van der Waals surface area contributed by atoms with Gasteiger partial charge in [0.15, 0.2) is 6.10 Å². The van der Waals surface area contributed by atoms with Gasteiger partial charge >= 0.3 is 12.1 Å². The van der Waals surface area contributed by atoms with Crippen molar-refractivity contribution in [2.45, 2.75) is 19.2 Å². The van der Waals surface area contributed by atoms with Crippen molar-refractivity contribution in [2.24, 2.45) is 0 Å². The Morgan fingerprint density at radius 2 is 2.04 bits per heavy atom. The van der Waals surface area contributed by atoms with Gasteiger partial charge in [0.2, 0.25) is 5.76 Å². The molecule has 136 valence electrons. The first-order valence-electron chi connectivity index (χ1n) is 7.01. The monoisotopic (exact) mass is 379 g/mol. The van der Waals surface area contributed by atoms with Crippen molar-refractivity contribution in [1.82, 2.24) is 0 Å². The van der Waals surface area contributed by atoms with E-state index in [1.165, 1.54) is 6.92 Å². The predicted molar refractivity (Wildman–Crippen MR) is 80.6 cm³/mol. The summed E-state index contributed by atoms with van der Waals surface area (Å²) in [4.78, 5) is 23.8. The van der Waals surface area contributed by atoms with Crippen LogP contribution < -0.4 is 5.32 Å². The summed E-state index contributed by atoms with van der Waals surface area (Å²) in [6.07, 6.45) is -4.84. The number of benzene rings is 1. The van der Waals surface area contributed by atoms with Crippen LogP contribution in [0.1, 0.15) is 12.5 Å². The Hall–Kier alpha value is -2.42. The molecule has 6 nitrogen and oxygen atoms in total. The summed E-state index contributed by atoms with van der Waals surface area (Å²) in [7, 11) is 0. The fraction of sp³-hybridized carbons (Fsp3) is 0.333. The topological polar surface area (TPSA) is 73.9 Å². The molecule has 0 spiro atoms. The van der Waals surface area contributed by atoms with Crippen molar-refractivity contribution < 1.29 is 37.0 Å². The van der Waals surface area contributed by atoms with Crippen LogP contribution >= 0.6 is 11.6 Å². The minimum absolute atomic E-state index is 0.0911. The second-order valence-corrected chi connectivity index (χ2v) is 5.34. The van der Waals surface area contributed by atoms with Gasteiger partial charge in [-0.25, -0.2) is 4.79 Å². The van der Waals surface area contributed by atoms with Crippen LogP contribution in [0.3, 0.4) is 0 Å². The highest BCUT2D eigenvalue weighted by atomic mass is 35.5. The second kappa shape index (κ2) is 7.64. The highest BCUT2D eigenvalue weighted by molar-refractivity contribution is 6.33. The van der Waals surface area contributed by atoms with Crippen molar-refractivity contribution >= 4 is 29.2 Å². The number of carbonyl (C=O) groups excluding carboxylic acids is 2. The molecule has 1 aromatic rings. The number of nitrogens with one attached hydrogen (secondary N) is 1. The highest BCUT2D eigenvalue weighted by Gasteiger charge is 2.31. The Labute approximate surface area is 145 Å². The maximum absolute atomic E-state index is 12.7. The normalized spacial score (nSPS) is 15.3. The number of ether oxygens (including phenoxy) is 3. The number of hydrogen-bond donors (Lipinski definition) is 1. The standard InChI is InChI=1S/C15H13ClF3NO5/c1-8(25-14(22)12-7-23-4-5-24-12)13(21)20-11-6-9(15(17,18)19)2-3-10(11)16/h2-3,6-8H,4-5H2,1H3,(H,20,21)/t8-/m0/s1. The lowest BCUT2D eigenvalue weighted by atomic mass is 10.2. The molecular formula is C15H13ClF3NO5. The third-order valence-electron chi connectivity index (χ3n) is 3.05. The molecule has 10 heteroatoms. The Kier molecular flexibility index (Phi) is 5.78. The van der Waals surface area contributed by atoms with Crippen molar-refractivity contribution in [3.05, 3.63) is 40.8 Å². The molecule has 1 aromatic carbocycles. The summed E-state index contributed by atoms with van der Waals surface area (Å²) in [5.41, 5.74) is -1.23. The summed E-state index contributed by atoms with van der Waals surface area (Å²) in [5.74, 6) is -1.99. The van der Waals surface area contributed by atoms with E-state index in [9.17, 15) is 22.8 Å². The van der Waals surface area contributed by atoms with Gasteiger partial charge < -0.3 is 19.5 Å². The lowest BCUT2D eigenvalue weighted by Gasteiger charge is -2.18. The quantitative estimate of drug-likeness (QED) is 0.814. The number of esters is 1. The van der Waals surface area contributed by atoms with E-state index in [1.807, 2.05) is 0 Å². The van der Waals surface area contributed by atoms with Crippen LogP contribution in [0.2, 0.25) is 5.02 Å². The fourth-order valence-electron chi connectivity index (χ4n) is 1.78. The lowest BCUT2D eigenvalue weighted by molar-refractivity contribution is -0.153. The second-order valence-electron chi connectivity index (χ2n) is 4.93. The molecule has 0 saturated carbocycles. The van der Waals surface area contributed by atoms with Crippen LogP contribution in [-0.4, -0.2) is 31.2 Å². The zero-order valence-electron chi connectivity index (χ0n) is 12.9. The van der Waals surface area contributed by atoms with Crippen LogP contribution in [-0.2, 0) is 30.0 Å². The SMILES string of the molecule is C[C@H](OC(=O)C1=COCCO1)C(=O)Nc1cc(C(F)(F)F)ccc1Cl. The molecule has 0 bridgehead atoms. The van der Waals surface area contributed by atoms with E-state index < -0.39 is 29.7 Å². The number of carbonyl (C=O) groups is 2. The zero-order chi connectivity index (χ0) is 18.6.